The molecule has 3 unspecified atom stereocenters. The lowest BCUT2D eigenvalue weighted by molar-refractivity contribution is 0.0885. The average molecular weight is 178 g/mol. The van der Waals surface area contributed by atoms with E-state index in [9.17, 15) is 0 Å². The Hall–Kier alpha value is -0.260. The summed E-state index contributed by atoms with van der Waals surface area (Å²) in [6, 6.07) is 0. The summed E-state index contributed by atoms with van der Waals surface area (Å²) in [7, 11) is 0. The van der Waals surface area contributed by atoms with Crippen LogP contribution in [0.15, 0.2) is 12.2 Å². The highest BCUT2D eigenvalue weighted by molar-refractivity contribution is 5.02. The molecule has 2 aliphatic rings. The fraction of sp³-hybridized carbons (Fsp3) is 0.846. The van der Waals surface area contributed by atoms with E-state index in [4.69, 9.17) is 0 Å². The maximum Gasteiger partial charge on any atom is -0.0231 e. The molecular formula is C13H22. The Morgan fingerprint density at radius 2 is 2.08 bits per heavy atom. The summed E-state index contributed by atoms with van der Waals surface area (Å²) in [6.45, 7) is 7.28. The van der Waals surface area contributed by atoms with Gasteiger partial charge in [0.2, 0.25) is 0 Å². The van der Waals surface area contributed by atoms with Crippen LogP contribution in [0.4, 0.5) is 0 Å². The molecule has 0 heterocycles. The Labute approximate surface area is 82.4 Å². The summed E-state index contributed by atoms with van der Waals surface area (Å²) >= 11 is 0. The maximum atomic E-state index is 2.44. The molecule has 13 heavy (non-hydrogen) atoms. The Bertz CT molecular complexity index is 212. The largest absolute Gasteiger partial charge is 0.0880 e. The van der Waals surface area contributed by atoms with Crippen LogP contribution in [0.3, 0.4) is 0 Å². The first-order valence-corrected chi connectivity index (χ1v) is 5.75. The van der Waals surface area contributed by atoms with Crippen molar-refractivity contribution in [3.63, 3.8) is 0 Å². The van der Waals surface area contributed by atoms with Crippen molar-refractivity contribution in [2.24, 2.45) is 23.2 Å². The number of allylic oxidation sites excluding steroid dienone is 2. The predicted octanol–water partition coefficient (Wildman–Crippen LogP) is 4.02. The SMILES string of the molecule is CC1C=CCC2CCC(C)(C)CC12. The first kappa shape index (κ1) is 9.30. The van der Waals surface area contributed by atoms with Gasteiger partial charge in [0.1, 0.15) is 0 Å². The average Bonchev–Trinajstić information content (AvgIpc) is 2.06. The van der Waals surface area contributed by atoms with Gasteiger partial charge in [-0.05, 0) is 48.9 Å². The smallest absolute Gasteiger partial charge is 0.0231 e. The van der Waals surface area contributed by atoms with Crippen molar-refractivity contribution in [3.05, 3.63) is 12.2 Å². The quantitative estimate of drug-likeness (QED) is 0.491. The Morgan fingerprint density at radius 3 is 2.85 bits per heavy atom. The van der Waals surface area contributed by atoms with Crippen molar-refractivity contribution in [1.82, 2.24) is 0 Å². The van der Waals surface area contributed by atoms with E-state index in [1.807, 2.05) is 0 Å². The van der Waals surface area contributed by atoms with E-state index in [1.54, 1.807) is 0 Å². The van der Waals surface area contributed by atoms with E-state index < -0.39 is 0 Å². The van der Waals surface area contributed by atoms with Gasteiger partial charge in [0, 0.05) is 0 Å². The maximum absolute atomic E-state index is 2.44. The summed E-state index contributed by atoms with van der Waals surface area (Å²) in [6.07, 6.45) is 10.5. The highest BCUT2D eigenvalue weighted by atomic mass is 14.4. The van der Waals surface area contributed by atoms with Crippen LogP contribution in [-0.4, -0.2) is 0 Å². The molecule has 3 atom stereocenters. The monoisotopic (exact) mass is 178 g/mol. The number of hydrogen-bond acceptors (Lipinski definition) is 0. The van der Waals surface area contributed by atoms with Crippen LogP contribution in [0.25, 0.3) is 0 Å². The van der Waals surface area contributed by atoms with Crippen molar-refractivity contribution < 1.29 is 0 Å². The molecule has 0 spiro atoms. The normalized spacial score (nSPS) is 42.8. The van der Waals surface area contributed by atoms with Gasteiger partial charge in [-0.3, -0.25) is 0 Å². The van der Waals surface area contributed by atoms with Gasteiger partial charge in [-0.15, -0.1) is 0 Å². The fourth-order valence-electron chi connectivity index (χ4n) is 3.22. The Kier molecular flexibility index (Phi) is 2.25. The molecule has 74 valence electrons. The standard InChI is InChI=1S/C13H22/c1-10-5-4-6-11-7-8-13(2,3)9-12(10)11/h4-5,10-12H,6-9H2,1-3H3. The van der Waals surface area contributed by atoms with Crippen LogP contribution in [0.2, 0.25) is 0 Å². The van der Waals surface area contributed by atoms with Gasteiger partial charge >= 0.3 is 0 Å². The summed E-state index contributed by atoms with van der Waals surface area (Å²) < 4.78 is 0. The van der Waals surface area contributed by atoms with Crippen LogP contribution in [0.1, 0.15) is 46.5 Å². The summed E-state index contributed by atoms with van der Waals surface area (Å²) in [5.74, 6) is 2.82. The van der Waals surface area contributed by atoms with E-state index in [2.05, 4.69) is 32.9 Å². The minimum Gasteiger partial charge on any atom is -0.0880 e. The zero-order valence-corrected chi connectivity index (χ0v) is 9.22. The van der Waals surface area contributed by atoms with Gasteiger partial charge in [0.05, 0.1) is 0 Å². The van der Waals surface area contributed by atoms with Crippen molar-refractivity contribution in [1.29, 1.82) is 0 Å². The summed E-state index contributed by atoms with van der Waals surface area (Å²) in [5, 5.41) is 0. The van der Waals surface area contributed by atoms with Crippen molar-refractivity contribution in [2.75, 3.05) is 0 Å². The molecule has 1 fully saturated rings. The van der Waals surface area contributed by atoms with Gasteiger partial charge in [0.25, 0.3) is 0 Å². The second-order valence-corrected chi connectivity index (χ2v) is 5.85. The molecule has 0 nitrogen and oxygen atoms in total. The molecular weight excluding hydrogens is 156 g/mol. The van der Waals surface area contributed by atoms with Crippen LogP contribution >= 0.6 is 0 Å². The molecule has 0 aromatic carbocycles. The van der Waals surface area contributed by atoms with Crippen molar-refractivity contribution >= 4 is 0 Å². The van der Waals surface area contributed by atoms with E-state index in [0.29, 0.717) is 5.41 Å². The number of fused-ring (bicyclic) bond motifs is 1. The van der Waals surface area contributed by atoms with Gasteiger partial charge < -0.3 is 0 Å². The first-order valence-electron chi connectivity index (χ1n) is 5.75. The zero-order chi connectivity index (χ0) is 9.47. The minimum absolute atomic E-state index is 0.612. The molecule has 0 N–H and O–H groups in total. The van der Waals surface area contributed by atoms with Crippen LogP contribution in [0.5, 0.6) is 0 Å². The lowest BCUT2D eigenvalue weighted by atomic mass is 9.61. The molecule has 0 aromatic heterocycles. The van der Waals surface area contributed by atoms with Gasteiger partial charge in [-0.1, -0.05) is 32.9 Å². The predicted molar refractivity (Wildman–Crippen MR) is 57.5 cm³/mol. The molecule has 0 aliphatic heterocycles. The molecule has 0 bridgehead atoms. The minimum atomic E-state index is 0.612. The van der Waals surface area contributed by atoms with Gasteiger partial charge in [0.15, 0.2) is 0 Å². The third-order valence-corrected chi connectivity index (χ3v) is 4.14. The molecule has 0 aromatic rings. The molecule has 0 radical (unpaired) electrons. The second-order valence-electron chi connectivity index (χ2n) is 5.85. The highest BCUT2D eigenvalue weighted by Crippen LogP contribution is 2.47. The first-order chi connectivity index (χ1) is 6.08. The number of hydrogen-bond donors (Lipinski definition) is 0. The molecule has 1 saturated carbocycles. The summed E-state index contributed by atoms with van der Waals surface area (Å²) in [5.41, 5.74) is 0.612. The molecule has 0 heteroatoms. The Morgan fingerprint density at radius 1 is 1.31 bits per heavy atom. The number of rotatable bonds is 0. The molecule has 2 rings (SSSR count). The summed E-state index contributed by atoms with van der Waals surface area (Å²) in [4.78, 5) is 0. The lowest BCUT2D eigenvalue weighted by Gasteiger charge is -2.44. The Balaban J connectivity index is 2.12. The van der Waals surface area contributed by atoms with E-state index in [-0.39, 0.29) is 0 Å². The van der Waals surface area contributed by atoms with Crippen LogP contribution in [0, 0.1) is 23.2 Å². The fourth-order valence-corrected chi connectivity index (χ4v) is 3.22. The van der Waals surface area contributed by atoms with E-state index in [0.717, 1.165) is 17.8 Å². The van der Waals surface area contributed by atoms with E-state index >= 15 is 0 Å². The lowest BCUT2D eigenvalue weighted by Crippen LogP contribution is -2.34. The second kappa shape index (κ2) is 3.15. The highest BCUT2D eigenvalue weighted by Gasteiger charge is 2.37. The van der Waals surface area contributed by atoms with Crippen molar-refractivity contribution in [2.45, 2.75) is 46.5 Å². The zero-order valence-electron chi connectivity index (χ0n) is 9.22. The van der Waals surface area contributed by atoms with Gasteiger partial charge in [-0.2, -0.15) is 0 Å². The van der Waals surface area contributed by atoms with Crippen LogP contribution < -0.4 is 0 Å². The van der Waals surface area contributed by atoms with Gasteiger partial charge in [-0.25, -0.2) is 0 Å². The molecule has 2 aliphatic carbocycles. The van der Waals surface area contributed by atoms with Crippen molar-refractivity contribution in [3.8, 4) is 0 Å². The third-order valence-electron chi connectivity index (χ3n) is 4.14. The molecule has 0 amide bonds. The third kappa shape index (κ3) is 1.82. The van der Waals surface area contributed by atoms with E-state index in [1.165, 1.54) is 25.7 Å². The molecule has 0 saturated heterocycles. The topological polar surface area (TPSA) is 0 Å². The van der Waals surface area contributed by atoms with Crippen LogP contribution in [-0.2, 0) is 0 Å².